The zero-order chi connectivity index (χ0) is 20.4. The fourth-order valence-corrected chi connectivity index (χ4v) is 4.99. The van der Waals surface area contributed by atoms with E-state index in [1.165, 1.54) is 10.5 Å². The van der Waals surface area contributed by atoms with Crippen molar-refractivity contribution in [3.05, 3.63) is 35.8 Å². The van der Waals surface area contributed by atoms with Crippen molar-refractivity contribution in [2.75, 3.05) is 62.3 Å². The van der Waals surface area contributed by atoms with Crippen molar-refractivity contribution in [1.82, 2.24) is 19.3 Å². The minimum Gasteiger partial charge on any atom is -0.379 e. The molecule has 0 aromatic carbocycles. The van der Waals surface area contributed by atoms with Crippen LogP contribution in [0.2, 0.25) is 0 Å². The van der Waals surface area contributed by atoms with Crippen molar-refractivity contribution in [2.24, 2.45) is 0 Å². The van der Waals surface area contributed by atoms with E-state index in [1.807, 2.05) is 19.9 Å². The second-order valence-electron chi connectivity index (χ2n) is 7.29. The highest BCUT2D eigenvalue weighted by molar-refractivity contribution is 7.89. The van der Waals surface area contributed by atoms with Crippen LogP contribution in [0.4, 0.5) is 11.8 Å². The van der Waals surface area contributed by atoms with Gasteiger partial charge in [0.1, 0.15) is 10.7 Å². The number of ether oxygens (including phenoxy) is 1. The van der Waals surface area contributed by atoms with Crippen LogP contribution in [0.3, 0.4) is 0 Å². The first kappa shape index (κ1) is 20.0. The van der Waals surface area contributed by atoms with Gasteiger partial charge in [-0.1, -0.05) is 0 Å². The maximum atomic E-state index is 12.7. The summed E-state index contributed by atoms with van der Waals surface area (Å²) in [5.41, 5.74) is 1.93. The maximum Gasteiger partial charge on any atom is 0.244 e. The molecule has 2 saturated heterocycles. The van der Waals surface area contributed by atoms with E-state index in [2.05, 4.69) is 24.8 Å². The van der Waals surface area contributed by atoms with Gasteiger partial charge < -0.3 is 14.5 Å². The number of sulfonamides is 1. The number of pyridine rings is 1. The van der Waals surface area contributed by atoms with E-state index in [0.29, 0.717) is 26.3 Å². The lowest BCUT2D eigenvalue weighted by molar-refractivity contribution is 0.0730. The fraction of sp³-hybridized carbons (Fsp3) is 0.526. The Morgan fingerprint density at radius 3 is 2.10 bits per heavy atom. The molecule has 156 valence electrons. The first-order valence-electron chi connectivity index (χ1n) is 9.79. The first-order valence-corrected chi connectivity index (χ1v) is 11.2. The average molecular weight is 419 g/mol. The first-order chi connectivity index (χ1) is 13.9. The van der Waals surface area contributed by atoms with Gasteiger partial charge in [0, 0.05) is 56.9 Å². The highest BCUT2D eigenvalue weighted by Gasteiger charge is 2.27. The molecule has 0 bridgehead atoms. The molecule has 0 unspecified atom stereocenters. The lowest BCUT2D eigenvalue weighted by Crippen LogP contribution is -2.47. The molecule has 2 aliphatic rings. The average Bonchev–Trinajstić information content (AvgIpc) is 2.74. The monoisotopic (exact) mass is 418 g/mol. The summed E-state index contributed by atoms with van der Waals surface area (Å²) in [7, 11) is -3.51. The van der Waals surface area contributed by atoms with Gasteiger partial charge in [0.05, 0.1) is 13.2 Å². The van der Waals surface area contributed by atoms with Crippen LogP contribution in [0.15, 0.2) is 29.3 Å². The van der Waals surface area contributed by atoms with Gasteiger partial charge in [0.15, 0.2) is 0 Å². The summed E-state index contributed by atoms with van der Waals surface area (Å²) < 4.78 is 32.1. The number of aromatic nitrogens is 3. The van der Waals surface area contributed by atoms with Crippen molar-refractivity contribution in [1.29, 1.82) is 0 Å². The SMILES string of the molecule is Cc1cc(C)nc(N2CCN(c3ccc(S(=O)(=O)N4CCOCC4)cn3)CC2)n1. The van der Waals surface area contributed by atoms with E-state index in [1.54, 1.807) is 12.1 Å². The van der Waals surface area contributed by atoms with Crippen molar-refractivity contribution in [2.45, 2.75) is 18.7 Å². The molecule has 2 aromatic heterocycles. The van der Waals surface area contributed by atoms with Crippen LogP contribution in [0.25, 0.3) is 0 Å². The molecule has 4 heterocycles. The zero-order valence-corrected chi connectivity index (χ0v) is 17.6. The molecule has 0 radical (unpaired) electrons. The molecule has 0 N–H and O–H groups in total. The van der Waals surface area contributed by atoms with Gasteiger partial charge in [-0.05, 0) is 32.0 Å². The van der Waals surface area contributed by atoms with Gasteiger partial charge in [-0.25, -0.2) is 23.4 Å². The van der Waals surface area contributed by atoms with Crippen molar-refractivity contribution in [3.63, 3.8) is 0 Å². The molecular formula is C19H26N6O3S. The van der Waals surface area contributed by atoms with E-state index < -0.39 is 10.0 Å². The summed E-state index contributed by atoms with van der Waals surface area (Å²) in [6.45, 7) is 8.71. The minimum atomic E-state index is -3.51. The van der Waals surface area contributed by atoms with E-state index in [4.69, 9.17) is 4.74 Å². The molecule has 2 fully saturated rings. The molecule has 0 amide bonds. The van der Waals surface area contributed by atoms with Crippen LogP contribution in [0.1, 0.15) is 11.4 Å². The Kier molecular flexibility index (Phi) is 5.66. The van der Waals surface area contributed by atoms with Crippen molar-refractivity contribution in [3.8, 4) is 0 Å². The van der Waals surface area contributed by atoms with Crippen LogP contribution >= 0.6 is 0 Å². The summed E-state index contributed by atoms with van der Waals surface area (Å²) in [5, 5.41) is 0. The van der Waals surface area contributed by atoms with Crippen LogP contribution in [-0.4, -0.2) is 80.2 Å². The van der Waals surface area contributed by atoms with Crippen molar-refractivity contribution < 1.29 is 13.2 Å². The molecule has 0 aliphatic carbocycles. The molecule has 0 spiro atoms. The van der Waals surface area contributed by atoms with E-state index >= 15 is 0 Å². The summed E-state index contributed by atoms with van der Waals surface area (Å²) in [6, 6.07) is 5.40. The Labute approximate surface area is 171 Å². The van der Waals surface area contributed by atoms with Gasteiger partial charge in [-0.15, -0.1) is 0 Å². The van der Waals surface area contributed by atoms with Gasteiger partial charge in [0.25, 0.3) is 0 Å². The van der Waals surface area contributed by atoms with Crippen LogP contribution in [0, 0.1) is 13.8 Å². The lowest BCUT2D eigenvalue weighted by Gasteiger charge is -2.35. The summed E-state index contributed by atoms with van der Waals surface area (Å²) in [4.78, 5) is 18.1. The van der Waals surface area contributed by atoms with Crippen LogP contribution < -0.4 is 9.80 Å². The Hall–Kier alpha value is -2.30. The Morgan fingerprint density at radius 1 is 0.897 bits per heavy atom. The highest BCUT2D eigenvalue weighted by atomic mass is 32.2. The van der Waals surface area contributed by atoms with Gasteiger partial charge in [-0.3, -0.25) is 0 Å². The minimum absolute atomic E-state index is 0.227. The second-order valence-corrected chi connectivity index (χ2v) is 9.23. The second kappa shape index (κ2) is 8.21. The Bertz CT molecular complexity index is 932. The summed E-state index contributed by atoms with van der Waals surface area (Å²) in [5.74, 6) is 1.55. The summed E-state index contributed by atoms with van der Waals surface area (Å²) in [6.07, 6.45) is 1.46. The number of hydrogen-bond acceptors (Lipinski definition) is 8. The third-order valence-corrected chi connectivity index (χ3v) is 7.07. The van der Waals surface area contributed by atoms with Crippen LogP contribution in [0.5, 0.6) is 0 Å². The molecule has 29 heavy (non-hydrogen) atoms. The number of aryl methyl sites for hydroxylation is 2. The number of rotatable bonds is 4. The molecule has 4 rings (SSSR count). The van der Waals surface area contributed by atoms with Gasteiger partial charge in [-0.2, -0.15) is 4.31 Å². The van der Waals surface area contributed by atoms with E-state index in [0.717, 1.165) is 49.3 Å². The topological polar surface area (TPSA) is 91.8 Å². The van der Waals surface area contributed by atoms with Crippen molar-refractivity contribution >= 4 is 21.8 Å². The Morgan fingerprint density at radius 2 is 1.52 bits per heavy atom. The number of morpholine rings is 1. The third kappa shape index (κ3) is 4.34. The van der Waals surface area contributed by atoms with Gasteiger partial charge in [0.2, 0.25) is 16.0 Å². The number of hydrogen-bond donors (Lipinski definition) is 0. The predicted molar refractivity (Wildman–Crippen MR) is 110 cm³/mol. The molecular weight excluding hydrogens is 392 g/mol. The molecule has 10 heteroatoms. The number of nitrogens with zero attached hydrogens (tertiary/aromatic N) is 6. The van der Waals surface area contributed by atoms with Gasteiger partial charge >= 0.3 is 0 Å². The lowest BCUT2D eigenvalue weighted by atomic mass is 10.3. The van der Waals surface area contributed by atoms with E-state index in [9.17, 15) is 8.42 Å². The zero-order valence-electron chi connectivity index (χ0n) is 16.8. The summed E-state index contributed by atoms with van der Waals surface area (Å²) >= 11 is 0. The molecule has 2 aromatic rings. The Balaban J connectivity index is 1.41. The molecule has 2 aliphatic heterocycles. The fourth-order valence-electron chi connectivity index (χ4n) is 3.63. The molecule has 0 atom stereocenters. The van der Waals surface area contributed by atoms with E-state index in [-0.39, 0.29) is 4.90 Å². The predicted octanol–water partition coefficient (Wildman–Crippen LogP) is 0.836. The van der Waals surface area contributed by atoms with Crippen LogP contribution in [-0.2, 0) is 14.8 Å². The normalized spacial score (nSPS) is 18.8. The molecule has 0 saturated carbocycles. The number of piperazine rings is 1. The third-order valence-electron chi connectivity index (χ3n) is 5.19. The molecule has 9 nitrogen and oxygen atoms in total. The highest BCUT2D eigenvalue weighted by Crippen LogP contribution is 2.21. The maximum absolute atomic E-state index is 12.7. The standard InChI is InChI=1S/C19H26N6O3S/c1-15-13-16(2)22-19(21-15)24-7-5-23(6-8-24)18-4-3-17(14-20-18)29(26,27)25-9-11-28-12-10-25/h3-4,13-14H,5-12H2,1-2H3. The number of anilines is 2. The largest absolute Gasteiger partial charge is 0.379 e. The quantitative estimate of drug-likeness (QED) is 0.721. The smallest absolute Gasteiger partial charge is 0.244 e.